The highest BCUT2D eigenvalue weighted by molar-refractivity contribution is 7.92. The molecule has 0 unspecified atom stereocenters. The quantitative estimate of drug-likeness (QED) is 0.915. The molecule has 23 heavy (non-hydrogen) atoms. The molecule has 122 valence electrons. The van der Waals surface area contributed by atoms with E-state index in [1.807, 2.05) is 42.1 Å². The van der Waals surface area contributed by atoms with Crippen LogP contribution in [0.5, 0.6) is 0 Å². The Kier molecular flexibility index (Phi) is 4.63. The van der Waals surface area contributed by atoms with Crippen LogP contribution in [-0.4, -0.2) is 18.2 Å². The van der Waals surface area contributed by atoms with Gasteiger partial charge in [-0.1, -0.05) is 30.3 Å². The summed E-state index contributed by atoms with van der Waals surface area (Å²) in [4.78, 5) is 0. The van der Waals surface area contributed by atoms with E-state index in [0.29, 0.717) is 0 Å². The number of nitrogens with one attached hydrogen (secondary N) is 1. The monoisotopic (exact) mass is 331 g/mol. The zero-order valence-electron chi connectivity index (χ0n) is 13.2. The number of aryl methyl sites for hydroxylation is 1. The van der Waals surface area contributed by atoms with Gasteiger partial charge in [-0.15, -0.1) is 0 Å². The van der Waals surface area contributed by atoms with Gasteiger partial charge >= 0.3 is 0 Å². The first-order valence-corrected chi connectivity index (χ1v) is 9.36. The highest BCUT2D eigenvalue weighted by atomic mass is 32.2. The first-order valence-electron chi connectivity index (χ1n) is 7.81. The molecule has 0 amide bonds. The van der Waals surface area contributed by atoms with E-state index >= 15 is 0 Å². The van der Waals surface area contributed by atoms with E-state index in [2.05, 4.69) is 9.82 Å². The van der Waals surface area contributed by atoms with Crippen LogP contribution in [0.25, 0.3) is 6.08 Å². The van der Waals surface area contributed by atoms with E-state index in [1.165, 1.54) is 23.1 Å². The highest BCUT2D eigenvalue weighted by Gasteiger charge is 2.19. The van der Waals surface area contributed by atoms with E-state index in [-0.39, 0.29) is 6.54 Å². The highest BCUT2D eigenvalue weighted by Crippen LogP contribution is 2.23. The molecule has 1 N–H and O–H groups in total. The molecule has 0 bridgehead atoms. The Hall–Kier alpha value is -1.92. The number of sulfonamides is 1. The molecule has 1 aliphatic rings. The number of hydrogen-bond donors (Lipinski definition) is 1. The minimum absolute atomic E-state index is 0.241. The first kappa shape index (κ1) is 16.0. The lowest BCUT2D eigenvalue weighted by atomic mass is 9.96. The summed E-state index contributed by atoms with van der Waals surface area (Å²) >= 11 is 0. The van der Waals surface area contributed by atoms with E-state index < -0.39 is 10.0 Å². The molecule has 0 aliphatic heterocycles. The topological polar surface area (TPSA) is 64.0 Å². The second-order valence-corrected chi connectivity index (χ2v) is 7.43. The van der Waals surface area contributed by atoms with Crippen LogP contribution in [-0.2, 0) is 36.5 Å². The summed E-state index contributed by atoms with van der Waals surface area (Å²) < 4.78 is 28.7. The molecule has 6 heteroatoms. The first-order chi connectivity index (χ1) is 11.1. The van der Waals surface area contributed by atoms with Crippen LogP contribution < -0.4 is 4.72 Å². The van der Waals surface area contributed by atoms with Gasteiger partial charge in [0.2, 0.25) is 10.0 Å². The number of benzene rings is 1. The van der Waals surface area contributed by atoms with Crippen molar-refractivity contribution in [3.05, 3.63) is 58.3 Å². The van der Waals surface area contributed by atoms with Gasteiger partial charge in [-0.3, -0.25) is 4.68 Å². The molecular weight excluding hydrogens is 310 g/mol. The number of aromatic nitrogens is 2. The van der Waals surface area contributed by atoms with Crippen LogP contribution >= 0.6 is 0 Å². The summed E-state index contributed by atoms with van der Waals surface area (Å²) in [7, 11) is -1.55. The Bertz CT molecular complexity index is 808. The van der Waals surface area contributed by atoms with Gasteiger partial charge in [0, 0.05) is 18.1 Å². The lowest BCUT2D eigenvalue weighted by molar-refractivity contribution is 0.588. The fraction of sp³-hybridized carbons (Fsp3) is 0.353. The number of rotatable bonds is 5. The van der Waals surface area contributed by atoms with Crippen molar-refractivity contribution >= 4 is 16.1 Å². The Morgan fingerprint density at radius 2 is 1.96 bits per heavy atom. The SMILES string of the molecule is Cn1nc(CNS(=O)(=O)/C=C/c2ccccc2)c2c1CCCC2. The van der Waals surface area contributed by atoms with Crippen LogP contribution in [0.15, 0.2) is 35.7 Å². The third-order valence-electron chi connectivity index (χ3n) is 4.13. The molecule has 0 saturated carbocycles. The maximum atomic E-state index is 12.1. The fourth-order valence-electron chi connectivity index (χ4n) is 2.95. The van der Waals surface area contributed by atoms with Gasteiger partial charge in [0.1, 0.15) is 0 Å². The number of nitrogens with zero attached hydrogens (tertiary/aromatic N) is 2. The van der Waals surface area contributed by atoms with Crippen molar-refractivity contribution in [1.29, 1.82) is 0 Å². The average molecular weight is 331 g/mol. The van der Waals surface area contributed by atoms with Crippen LogP contribution in [0, 0.1) is 0 Å². The summed E-state index contributed by atoms with van der Waals surface area (Å²) in [5, 5.41) is 5.69. The minimum atomic E-state index is -3.48. The molecular formula is C17H21N3O2S. The molecule has 0 saturated heterocycles. The maximum absolute atomic E-state index is 12.1. The van der Waals surface area contributed by atoms with Crippen LogP contribution in [0.4, 0.5) is 0 Å². The van der Waals surface area contributed by atoms with E-state index in [1.54, 1.807) is 6.08 Å². The molecule has 0 fully saturated rings. The molecule has 2 aromatic rings. The summed E-state index contributed by atoms with van der Waals surface area (Å²) in [6, 6.07) is 9.37. The summed E-state index contributed by atoms with van der Waals surface area (Å²) in [6.07, 6.45) is 5.93. The molecule has 0 radical (unpaired) electrons. The van der Waals surface area contributed by atoms with Gasteiger partial charge in [0.15, 0.2) is 0 Å². The Morgan fingerprint density at radius 1 is 1.22 bits per heavy atom. The third-order valence-corrected chi connectivity index (χ3v) is 5.17. The number of hydrogen-bond acceptors (Lipinski definition) is 3. The van der Waals surface area contributed by atoms with Gasteiger partial charge in [0.25, 0.3) is 0 Å². The van der Waals surface area contributed by atoms with Crippen molar-refractivity contribution in [2.45, 2.75) is 32.2 Å². The molecule has 1 aliphatic carbocycles. The Labute approximate surface area is 137 Å². The predicted octanol–water partition coefficient (Wildman–Crippen LogP) is 2.39. The van der Waals surface area contributed by atoms with Crippen LogP contribution in [0.1, 0.15) is 35.4 Å². The molecule has 1 heterocycles. The molecule has 5 nitrogen and oxygen atoms in total. The second-order valence-electron chi connectivity index (χ2n) is 5.78. The van der Waals surface area contributed by atoms with Crippen molar-refractivity contribution in [1.82, 2.24) is 14.5 Å². The molecule has 0 spiro atoms. The number of fused-ring (bicyclic) bond motifs is 1. The van der Waals surface area contributed by atoms with Gasteiger partial charge in [-0.05, 0) is 42.9 Å². The van der Waals surface area contributed by atoms with Gasteiger partial charge < -0.3 is 0 Å². The molecule has 3 rings (SSSR count). The summed E-state index contributed by atoms with van der Waals surface area (Å²) in [5.74, 6) is 0. The smallest absolute Gasteiger partial charge is 0.234 e. The van der Waals surface area contributed by atoms with E-state index in [4.69, 9.17) is 0 Å². The van der Waals surface area contributed by atoms with Gasteiger partial charge in [-0.2, -0.15) is 5.10 Å². The zero-order valence-corrected chi connectivity index (χ0v) is 14.0. The van der Waals surface area contributed by atoms with E-state index in [0.717, 1.165) is 30.5 Å². The zero-order chi connectivity index (χ0) is 16.3. The van der Waals surface area contributed by atoms with Gasteiger partial charge in [0.05, 0.1) is 12.2 Å². The van der Waals surface area contributed by atoms with Gasteiger partial charge in [-0.25, -0.2) is 13.1 Å². The predicted molar refractivity (Wildman–Crippen MR) is 91.1 cm³/mol. The molecule has 1 aromatic heterocycles. The lowest BCUT2D eigenvalue weighted by Gasteiger charge is -2.12. The van der Waals surface area contributed by atoms with Crippen molar-refractivity contribution in [3.8, 4) is 0 Å². The van der Waals surface area contributed by atoms with Crippen molar-refractivity contribution in [2.24, 2.45) is 7.05 Å². The minimum Gasteiger partial charge on any atom is -0.272 e. The summed E-state index contributed by atoms with van der Waals surface area (Å²) in [6.45, 7) is 0.241. The lowest BCUT2D eigenvalue weighted by Crippen LogP contribution is -2.21. The summed E-state index contributed by atoms with van der Waals surface area (Å²) in [5.41, 5.74) is 4.16. The van der Waals surface area contributed by atoms with Crippen molar-refractivity contribution in [3.63, 3.8) is 0 Å². The van der Waals surface area contributed by atoms with Crippen LogP contribution in [0.3, 0.4) is 0 Å². The second kappa shape index (κ2) is 6.68. The Morgan fingerprint density at radius 3 is 2.74 bits per heavy atom. The standard InChI is InChI=1S/C17H21N3O2S/c1-20-17-10-6-5-9-15(17)16(19-20)13-18-23(21,22)12-11-14-7-3-2-4-8-14/h2-4,7-8,11-12,18H,5-6,9-10,13H2,1H3/b12-11+. The average Bonchev–Trinajstić information content (AvgIpc) is 2.89. The van der Waals surface area contributed by atoms with Crippen molar-refractivity contribution < 1.29 is 8.42 Å². The largest absolute Gasteiger partial charge is 0.272 e. The molecule has 0 atom stereocenters. The van der Waals surface area contributed by atoms with E-state index in [9.17, 15) is 8.42 Å². The third kappa shape index (κ3) is 3.89. The normalized spacial score (nSPS) is 15.0. The molecule has 1 aromatic carbocycles. The van der Waals surface area contributed by atoms with Crippen molar-refractivity contribution in [2.75, 3.05) is 0 Å². The Balaban J connectivity index is 1.69. The van der Waals surface area contributed by atoms with Crippen LogP contribution in [0.2, 0.25) is 0 Å². The maximum Gasteiger partial charge on any atom is 0.234 e. The fourth-order valence-corrected chi connectivity index (χ4v) is 3.72.